The highest BCUT2D eigenvalue weighted by atomic mass is 32.2. The van der Waals surface area contributed by atoms with E-state index in [9.17, 15) is 14.0 Å². The molecule has 0 aliphatic carbocycles. The van der Waals surface area contributed by atoms with Crippen LogP contribution in [0.5, 0.6) is 0 Å². The summed E-state index contributed by atoms with van der Waals surface area (Å²) >= 11 is 2.71. The average Bonchev–Trinajstić information content (AvgIpc) is 3.18. The van der Waals surface area contributed by atoms with Crippen molar-refractivity contribution < 1.29 is 18.7 Å². The summed E-state index contributed by atoms with van der Waals surface area (Å²) in [6, 6.07) is 13.3. The first kappa shape index (κ1) is 20.7. The number of carbonyl (C=O) groups excluding carboxylic acids is 2. The first-order valence-corrected chi connectivity index (χ1v) is 10.2. The minimum atomic E-state index is -0.417. The molecule has 29 heavy (non-hydrogen) atoms. The zero-order valence-corrected chi connectivity index (χ0v) is 16.9. The minimum absolute atomic E-state index is 0.328. The number of nitrogens with zero attached hydrogens (tertiary/aromatic N) is 2. The Morgan fingerprint density at radius 3 is 2.66 bits per heavy atom. The van der Waals surface area contributed by atoms with Crippen LogP contribution >= 0.6 is 23.1 Å². The van der Waals surface area contributed by atoms with Gasteiger partial charge in [-0.3, -0.25) is 10.1 Å². The number of halogens is 1. The van der Waals surface area contributed by atoms with Crippen LogP contribution in [0.1, 0.15) is 21.5 Å². The van der Waals surface area contributed by atoms with E-state index in [4.69, 9.17) is 0 Å². The van der Waals surface area contributed by atoms with Crippen LogP contribution in [-0.2, 0) is 15.3 Å². The molecule has 1 heterocycles. The van der Waals surface area contributed by atoms with Gasteiger partial charge in [-0.05, 0) is 29.8 Å². The number of hydrogen-bond donors (Lipinski definition) is 1. The van der Waals surface area contributed by atoms with E-state index in [0.29, 0.717) is 26.4 Å². The van der Waals surface area contributed by atoms with Crippen molar-refractivity contribution in [1.29, 1.82) is 0 Å². The van der Waals surface area contributed by atoms with E-state index >= 15 is 0 Å². The van der Waals surface area contributed by atoms with E-state index in [1.54, 1.807) is 30.3 Å². The van der Waals surface area contributed by atoms with Gasteiger partial charge >= 0.3 is 5.97 Å². The zero-order valence-electron chi connectivity index (χ0n) is 15.3. The SMILES string of the molecule is COC(=O)c1ccc(CSc2nnc(NC(=O)C=Cc3ccccc3F)s2)cc1. The average molecular weight is 429 g/mol. The number of benzene rings is 2. The predicted molar refractivity (Wildman–Crippen MR) is 111 cm³/mol. The number of methoxy groups -OCH3 is 1. The number of aromatic nitrogens is 2. The maximum absolute atomic E-state index is 13.5. The molecule has 148 valence electrons. The van der Waals surface area contributed by atoms with Gasteiger partial charge in [0, 0.05) is 17.4 Å². The van der Waals surface area contributed by atoms with Crippen LogP contribution in [0.3, 0.4) is 0 Å². The van der Waals surface area contributed by atoms with E-state index in [2.05, 4.69) is 20.3 Å². The highest BCUT2D eigenvalue weighted by molar-refractivity contribution is 8.00. The van der Waals surface area contributed by atoms with Crippen molar-refractivity contribution >= 4 is 46.2 Å². The lowest BCUT2D eigenvalue weighted by atomic mass is 10.1. The first-order chi connectivity index (χ1) is 14.0. The molecule has 0 spiro atoms. The molecule has 1 N–H and O–H groups in total. The van der Waals surface area contributed by atoms with Gasteiger partial charge in [-0.1, -0.05) is 53.4 Å². The second kappa shape index (κ2) is 9.94. The summed E-state index contributed by atoms with van der Waals surface area (Å²) in [5.41, 5.74) is 1.83. The van der Waals surface area contributed by atoms with Crippen molar-refractivity contribution in [3.8, 4) is 0 Å². The van der Waals surface area contributed by atoms with E-state index in [1.165, 1.54) is 48.4 Å². The Kier molecular flexibility index (Phi) is 7.09. The highest BCUT2D eigenvalue weighted by Crippen LogP contribution is 2.28. The van der Waals surface area contributed by atoms with Gasteiger partial charge in [-0.2, -0.15) is 0 Å². The largest absolute Gasteiger partial charge is 0.465 e. The quantitative estimate of drug-likeness (QED) is 0.259. The van der Waals surface area contributed by atoms with E-state index in [-0.39, 0.29) is 5.97 Å². The molecular weight excluding hydrogens is 413 g/mol. The summed E-state index contributed by atoms with van der Waals surface area (Å²) in [7, 11) is 1.34. The predicted octanol–water partition coefficient (Wildman–Crippen LogP) is 4.41. The zero-order chi connectivity index (χ0) is 20.6. The standard InChI is InChI=1S/C20H16FN3O3S2/c1-27-18(26)15-8-6-13(7-9-15)12-28-20-24-23-19(29-20)22-17(25)11-10-14-4-2-3-5-16(14)21/h2-11H,12H2,1H3,(H,22,23,25). The Hall–Kier alpha value is -3.04. The number of carbonyl (C=O) groups is 2. The van der Waals surface area contributed by atoms with Gasteiger partial charge in [0.1, 0.15) is 5.82 Å². The lowest BCUT2D eigenvalue weighted by Crippen LogP contribution is -2.07. The molecule has 3 rings (SSSR count). The van der Waals surface area contributed by atoms with Crippen LogP contribution in [0.4, 0.5) is 9.52 Å². The van der Waals surface area contributed by atoms with E-state index in [1.807, 2.05) is 12.1 Å². The third-order valence-electron chi connectivity index (χ3n) is 3.69. The molecular formula is C20H16FN3O3S2. The van der Waals surface area contributed by atoms with E-state index in [0.717, 1.165) is 5.56 Å². The maximum atomic E-state index is 13.5. The summed E-state index contributed by atoms with van der Waals surface area (Å²) < 4.78 is 18.9. The summed E-state index contributed by atoms with van der Waals surface area (Å²) in [4.78, 5) is 23.4. The van der Waals surface area contributed by atoms with E-state index < -0.39 is 11.7 Å². The molecule has 9 heteroatoms. The fourth-order valence-electron chi connectivity index (χ4n) is 2.24. The Morgan fingerprint density at radius 1 is 1.17 bits per heavy atom. The Balaban J connectivity index is 1.52. The number of hydrogen-bond acceptors (Lipinski definition) is 7. The van der Waals surface area contributed by atoms with Crippen LogP contribution < -0.4 is 5.32 Å². The maximum Gasteiger partial charge on any atom is 0.337 e. The molecule has 3 aromatic rings. The molecule has 0 fully saturated rings. The fourth-order valence-corrected chi connectivity index (χ4v) is 3.95. The number of thioether (sulfide) groups is 1. The lowest BCUT2D eigenvalue weighted by molar-refractivity contribution is -0.111. The van der Waals surface area contributed by atoms with Gasteiger partial charge in [0.2, 0.25) is 11.0 Å². The van der Waals surface area contributed by atoms with Gasteiger partial charge in [0.25, 0.3) is 0 Å². The molecule has 0 saturated heterocycles. The molecule has 1 aromatic heterocycles. The Morgan fingerprint density at radius 2 is 1.93 bits per heavy atom. The van der Waals surface area contributed by atoms with Crippen LogP contribution in [-0.4, -0.2) is 29.2 Å². The molecule has 0 bridgehead atoms. The minimum Gasteiger partial charge on any atom is -0.465 e. The summed E-state index contributed by atoms with van der Waals surface area (Å²) in [6.45, 7) is 0. The normalized spacial score (nSPS) is 10.8. The summed E-state index contributed by atoms with van der Waals surface area (Å²) in [5.74, 6) is -0.556. The van der Waals surface area contributed by atoms with Gasteiger partial charge < -0.3 is 4.74 Å². The number of amides is 1. The van der Waals surface area contributed by atoms with Crippen LogP contribution in [0, 0.1) is 5.82 Å². The van der Waals surface area contributed by atoms with Crippen molar-refractivity contribution in [2.45, 2.75) is 10.1 Å². The molecule has 0 aliphatic heterocycles. The highest BCUT2D eigenvalue weighted by Gasteiger charge is 2.09. The van der Waals surface area contributed by atoms with Crippen molar-refractivity contribution in [3.63, 3.8) is 0 Å². The van der Waals surface area contributed by atoms with Gasteiger partial charge in [0.05, 0.1) is 12.7 Å². The fraction of sp³-hybridized carbons (Fsp3) is 0.100. The molecule has 0 radical (unpaired) electrons. The number of nitrogens with one attached hydrogen (secondary N) is 1. The van der Waals surface area contributed by atoms with Gasteiger partial charge in [0.15, 0.2) is 4.34 Å². The molecule has 0 atom stereocenters. The smallest absolute Gasteiger partial charge is 0.337 e. The molecule has 1 amide bonds. The molecule has 2 aromatic carbocycles. The number of rotatable bonds is 7. The first-order valence-electron chi connectivity index (χ1n) is 8.42. The second-order valence-electron chi connectivity index (χ2n) is 5.69. The van der Waals surface area contributed by atoms with Gasteiger partial charge in [-0.25, -0.2) is 9.18 Å². The van der Waals surface area contributed by atoms with Crippen LogP contribution in [0.25, 0.3) is 6.08 Å². The Labute approximate surface area is 174 Å². The monoisotopic (exact) mass is 429 g/mol. The molecule has 6 nitrogen and oxygen atoms in total. The third-order valence-corrected chi connectivity index (χ3v) is 5.74. The third kappa shape index (κ3) is 5.97. The van der Waals surface area contributed by atoms with Crippen LogP contribution in [0.2, 0.25) is 0 Å². The second-order valence-corrected chi connectivity index (χ2v) is 7.89. The number of anilines is 1. The van der Waals surface area contributed by atoms with Crippen molar-refractivity contribution in [3.05, 3.63) is 77.1 Å². The molecule has 0 saturated carbocycles. The topological polar surface area (TPSA) is 81.2 Å². The summed E-state index contributed by atoms with van der Waals surface area (Å²) in [5, 5.41) is 10.9. The summed E-state index contributed by atoms with van der Waals surface area (Å²) in [6.07, 6.45) is 2.65. The molecule has 0 unspecified atom stereocenters. The van der Waals surface area contributed by atoms with Gasteiger partial charge in [-0.15, -0.1) is 10.2 Å². The van der Waals surface area contributed by atoms with Crippen LogP contribution in [0.15, 0.2) is 58.9 Å². The van der Waals surface area contributed by atoms with Crippen molar-refractivity contribution in [2.75, 3.05) is 12.4 Å². The Bertz CT molecular complexity index is 1040. The molecule has 0 aliphatic rings. The van der Waals surface area contributed by atoms with Crippen molar-refractivity contribution in [2.24, 2.45) is 0 Å². The number of esters is 1. The number of ether oxygens (including phenoxy) is 1. The lowest BCUT2D eigenvalue weighted by Gasteiger charge is -2.01. The van der Waals surface area contributed by atoms with Crippen molar-refractivity contribution in [1.82, 2.24) is 10.2 Å².